The maximum atomic E-state index is 13.8. The van der Waals surface area contributed by atoms with Crippen molar-refractivity contribution >= 4 is 40.7 Å². The van der Waals surface area contributed by atoms with Crippen molar-refractivity contribution in [2.24, 2.45) is 0 Å². The van der Waals surface area contributed by atoms with Crippen molar-refractivity contribution in [2.75, 3.05) is 38.6 Å². The summed E-state index contributed by atoms with van der Waals surface area (Å²) in [5.74, 6) is 0.412. The number of carbonyl (C=O) groups is 2. The molecule has 0 saturated heterocycles. The Morgan fingerprint density at radius 3 is 2.40 bits per heavy atom. The van der Waals surface area contributed by atoms with Crippen molar-refractivity contribution < 1.29 is 28.5 Å². The molecule has 3 N–H and O–H groups in total. The molecule has 10 heteroatoms. The third kappa shape index (κ3) is 3.92. The predicted octanol–water partition coefficient (Wildman–Crippen LogP) is 3.72. The number of fused-ring (bicyclic) bond motifs is 1. The van der Waals surface area contributed by atoms with E-state index in [4.69, 9.17) is 24.7 Å². The molecule has 35 heavy (non-hydrogen) atoms. The highest BCUT2D eigenvalue weighted by Crippen LogP contribution is 2.49. The van der Waals surface area contributed by atoms with Gasteiger partial charge in [-0.2, -0.15) is 0 Å². The SMILES string of the molecule is CCOC(=O)c1c(C)nc2c(c1N)/C(=C/c1ccc[nH]1)C(=O)N2c1cc(OC)c(OC)c(OC)c1. The number of ether oxygens (including phenoxy) is 4. The van der Waals surface area contributed by atoms with E-state index in [2.05, 4.69) is 9.97 Å². The first-order chi connectivity index (χ1) is 16.9. The number of hydrogen-bond acceptors (Lipinski definition) is 8. The van der Waals surface area contributed by atoms with E-state index in [0.717, 1.165) is 0 Å². The van der Waals surface area contributed by atoms with Gasteiger partial charge in [0.1, 0.15) is 5.56 Å². The molecule has 2 aromatic heterocycles. The monoisotopic (exact) mass is 478 g/mol. The van der Waals surface area contributed by atoms with E-state index < -0.39 is 5.97 Å². The van der Waals surface area contributed by atoms with E-state index in [1.54, 1.807) is 38.3 Å². The van der Waals surface area contributed by atoms with Crippen LogP contribution in [-0.2, 0) is 9.53 Å². The summed E-state index contributed by atoms with van der Waals surface area (Å²) in [6.45, 7) is 3.53. The number of pyridine rings is 1. The molecule has 10 nitrogen and oxygen atoms in total. The van der Waals surface area contributed by atoms with Crippen LogP contribution in [0.15, 0.2) is 30.5 Å². The number of methoxy groups -OCH3 is 3. The lowest BCUT2D eigenvalue weighted by Crippen LogP contribution is -2.22. The normalized spacial score (nSPS) is 13.7. The Morgan fingerprint density at radius 1 is 1.17 bits per heavy atom. The minimum atomic E-state index is -0.601. The number of anilines is 3. The van der Waals surface area contributed by atoms with E-state index in [-0.39, 0.29) is 35.2 Å². The quantitative estimate of drug-likeness (QED) is 0.388. The molecule has 1 aliphatic rings. The minimum absolute atomic E-state index is 0.118. The third-order valence-corrected chi connectivity index (χ3v) is 5.62. The lowest BCUT2D eigenvalue weighted by Gasteiger charge is -2.21. The number of aryl methyl sites for hydroxylation is 1. The smallest absolute Gasteiger partial charge is 0.342 e. The van der Waals surface area contributed by atoms with Crippen LogP contribution in [0, 0.1) is 6.92 Å². The lowest BCUT2D eigenvalue weighted by atomic mass is 10.0. The number of benzene rings is 1. The van der Waals surface area contributed by atoms with Gasteiger partial charge in [0.2, 0.25) is 5.75 Å². The summed E-state index contributed by atoms with van der Waals surface area (Å²) >= 11 is 0. The Hall–Kier alpha value is -4.47. The maximum absolute atomic E-state index is 13.8. The van der Waals surface area contributed by atoms with Gasteiger partial charge in [0.25, 0.3) is 5.91 Å². The predicted molar refractivity (Wildman–Crippen MR) is 131 cm³/mol. The highest BCUT2D eigenvalue weighted by Gasteiger charge is 2.40. The van der Waals surface area contributed by atoms with Crippen molar-refractivity contribution in [2.45, 2.75) is 13.8 Å². The molecule has 3 aromatic rings. The van der Waals surface area contributed by atoms with Gasteiger partial charge in [-0.25, -0.2) is 9.78 Å². The van der Waals surface area contributed by atoms with Gasteiger partial charge in [0.05, 0.1) is 56.1 Å². The Morgan fingerprint density at radius 2 is 1.86 bits per heavy atom. The second kappa shape index (κ2) is 9.41. The van der Waals surface area contributed by atoms with Crippen molar-refractivity contribution in [1.82, 2.24) is 9.97 Å². The van der Waals surface area contributed by atoms with Gasteiger partial charge >= 0.3 is 5.97 Å². The third-order valence-electron chi connectivity index (χ3n) is 5.62. The summed E-state index contributed by atoms with van der Waals surface area (Å²) in [5, 5.41) is 0. The molecule has 0 saturated carbocycles. The number of carbonyl (C=O) groups excluding carboxylic acids is 2. The fraction of sp³-hybridized carbons (Fsp3) is 0.240. The van der Waals surface area contributed by atoms with E-state index in [9.17, 15) is 9.59 Å². The summed E-state index contributed by atoms with van der Waals surface area (Å²) in [5.41, 5.74) is 8.81. The number of nitrogens with one attached hydrogen (secondary N) is 1. The number of nitrogens with zero attached hydrogens (tertiary/aromatic N) is 2. The zero-order valence-corrected chi connectivity index (χ0v) is 20.1. The summed E-state index contributed by atoms with van der Waals surface area (Å²) in [6, 6.07) is 6.91. The van der Waals surface area contributed by atoms with Crippen molar-refractivity contribution in [3.63, 3.8) is 0 Å². The van der Waals surface area contributed by atoms with E-state index in [1.807, 2.05) is 12.1 Å². The average Bonchev–Trinajstić information content (AvgIpc) is 3.44. The number of amides is 1. The van der Waals surface area contributed by atoms with Gasteiger partial charge in [-0.05, 0) is 32.1 Å². The first-order valence-electron chi connectivity index (χ1n) is 10.8. The van der Waals surface area contributed by atoms with Gasteiger partial charge < -0.3 is 29.7 Å². The number of aromatic nitrogens is 2. The molecule has 4 rings (SSSR count). The van der Waals surface area contributed by atoms with Gasteiger partial charge in [-0.15, -0.1) is 0 Å². The molecule has 182 valence electrons. The Bertz CT molecular complexity index is 1310. The number of rotatable bonds is 7. The molecule has 0 spiro atoms. The van der Waals surface area contributed by atoms with E-state index >= 15 is 0 Å². The van der Waals surface area contributed by atoms with Crippen LogP contribution in [0.5, 0.6) is 17.2 Å². The Kier molecular flexibility index (Phi) is 6.37. The van der Waals surface area contributed by atoms with Crippen LogP contribution in [0.3, 0.4) is 0 Å². The van der Waals surface area contributed by atoms with Crippen LogP contribution >= 0.6 is 0 Å². The van der Waals surface area contributed by atoms with Crippen molar-refractivity contribution in [3.8, 4) is 17.2 Å². The first-order valence-corrected chi connectivity index (χ1v) is 10.8. The van der Waals surface area contributed by atoms with Crippen LogP contribution in [0.25, 0.3) is 11.6 Å². The number of aromatic amines is 1. The molecule has 3 heterocycles. The van der Waals surface area contributed by atoms with Gasteiger partial charge in [-0.1, -0.05) is 0 Å². The number of hydrogen-bond donors (Lipinski definition) is 2. The van der Waals surface area contributed by atoms with E-state index in [0.29, 0.717) is 39.9 Å². The summed E-state index contributed by atoms with van der Waals surface area (Å²) < 4.78 is 21.5. The summed E-state index contributed by atoms with van der Waals surface area (Å²) in [6.07, 6.45) is 3.41. The second-order valence-corrected chi connectivity index (χ2v) is 7.61. The molecule has 0 radical (unpaired) electrons. The molecule has 1 aromatic carbocycles. The van der Waals surface area contributed by atoms with Crippen molar-refractivity contribution in [1.29, 1.82) is 0 Å². The van der Waals surface area contributed by atoms with Crippen LogP contribution in [0.1, 0.15) is 34.2 Å². The second-order valence-electron chi connectivity index (χ2n) is 7.61. The number of nitrogens with two attached hydrogens (primary N) is 1. The van der Waals surface area contributed by atoms with Gasteiger partial charge in [0, 0.05) is 24.0 Å². The molecular formula is C25H26N4O6. The van der Waals surface area contributed by atoms with Crippen LogP contribution in [0.2, 0.25) is 0 Å². The molecule has 1 amide bonds. The molecule has 0 fully saturated rings. The van der Waals surface area contributed by atoms with Crippen LogP contribution < -0.4 is 24.8 Å². The molecule has 0 bridgehead atoms. The lowest BCUT2D eigenvalue weighted by molar-refractivity contribution is -0.112. The Balaban J connectivity index is 2.00. The van der Waals surface area contributed by atoms with Crippen LogP contribution in [-0.4, -0.2) is 49.8 Å². The average molecular weight is 479 g/mol. The van der Waals surface area contributed by atoms with Crippen LogP contribution in [0.4, 0.5) is 17.2 Å². The fourth-order valence-electron chi connectivity index (χ4n) is 4.08. The molecule has 0 atom stereocenters. The highest BCUT2D eigenvalue weighted by atomic mass is 16.5. The molecule has 1 aliphatic heterocycles. The summed E-state index contributed by atoms with van der Waals surface area (Å²) in [4.78, 5) is 35.6. The summed E-state index contributed by atoms with van der Waals surface area (Å²) in [7, 11) is 4.48. The fourth-order valence-corrected chi connectivity index (χ4v) is 4.08. The first kappa shape index (κ1) is 23.7. The molecular weight excluding hydrogens is 452 g/mol. The van der Waals surface area contributed by atoms with Gasteiger partial charge in [0.15, 0.2) is 17.3 Å². The maximum Gasteiger partial charge on any atom is 0.342 e. The number of esters is 1. The van der Waals surface area contributed by atoms with E-state index in [1.165, 1.54) is 26.2 Å². The zero-order valence-electron chi connectivity index (χ0n) is 20.1. The largest absolute Gasteiger partial charge is 0.493 e. The topological polar surface area (TPSA) is 129 Å². The molecule has 0 aliphatic carbocycles. The number of nitrogen functional groups attached to an aromatic ring is 1. The number of H-pyrrole nitrogens is 1. The van der Waals surface area contributed by atoms with Gasteiger partial charge in [-0.3, -0.25) is 9.69 Å². The Labute approximate surface area is 202 Å². The zero-order chi connectivity index (χ0) is 25.3. The minimum Gasteiger partial charge on any atom is -0.493 e. The highest BCUT2D eigenvalue weighted by molar-refractivity contribution is 6.39. The van der Waals surface area contributed by atoms with Crippen molar-refractivity contribution in [3.05, 3.63) is 53.0 Å². The standard InChI is InChI=1S/C25H26N4O6/c1-6-35-25(31)19-13(2)28-23-20(21(19)26)16(10-14-8-7-9-27-14)24(30)29(23)15-11-17(32-3)22(34-5)18(12-15)33-4/h7-12,27H,6H2,1-5H3,(H2,26,28)/b16-10-. The molecule has 0 unspecified atom stereocenters.